The second-order valence-corrected chi connectivity index (χ2v) is 8.27. The van der Waals surface area contributed by atoms with Crippen molar-refractivity contribution in [2.24, 2.45) is 0 Å². The van der Waals surface area contributed by atoms with Gasteiger partial charge in [0.05, 0.1) is 26.4 Å². The van der Waals surface area contributed by atoms with Gasteiger partial charge in [-0.3, -0.25) is 0 Å². The Bertz CT molecular complexity index is 950. The molecular formula is C28H34O4. The molecule has 2 aliphatic rings. The maximum absolute atomic E-state index is 8.63. The Morgan fingerprint density at radius 2 is 1.25 bits per heavy atom. The highest BCUT2D eigenvalue weighted by molar-refractivity contribution is 5.70. The zero-order chi connectivity index (χ0) is 22.9. The van der Waals surface area contributed by atoms with Gasteiger partial charge in [0.1, 0.15) is 18.0 Å². The molecule has 3 aromatic rings. The summed E-state index contributed by atoms with van der Waals surface area (Å²) in [5.74, 6) is 0.322. The van der Waals surface area contributed by atoms with Crippen molar-refractivity contribution in [2.45, 2.75) is 39.9 Å². The van der Waals surface area contributed by atoms with Gasteiger partial charge in [0.25, 0.3) is 0 Å². The number of phenolic OH excluding ortho intramolecular Hbond substituents is 1. The monoisotopic (exact) mass is 434 g/mol. The van der Waals surface area contributed by atoms with Gasteiger partial charge >= 0.3 is 0 Å². The molecule has 32 heavy (non-hydrogen) atoms. The summed E-state index contributed by atoms with van der Waals surface area (Å²) in [6.45, 7) is 12.1. The lowest BCUT2D eigenvalue weighted by Gasteiger charge is -2.14. The van der Waals surface area contributed by atoms with E-state index in [4.69, 9.17) is 19.3 Å². The second-order valence-electron chi connectivity index (χ2n) is 8.27. The van der Waals surface area contributed by atoms with Crippen LogP contribution in [0.4, 0.5) is 0 Å². The number of hydrogen-bond donors (Lipinski definition) is 1. The van der Waals surface area contributed by atoms with Gasteiger partial charge in [-0.05, 0) is 73.2 Å². The SMILES string of the molecule is C(OCC1CO1)C1CO1.Cc1cc(-c2ccccc2)c(C)c(C)c1C.Oc1ccccc1. The number of ether oxygens (including phenoxy) is 3. The highest BCUT2D eigenvalue weighted by atomic mass is 16.6. The Kier molecular flexibility index (Phi) is 8.86. The fraction of sp³-hybridized carbons (Fsp3) is 0.357. The van der Waals surface area contributed by atoms with Crippen LogP contribution in [0.25, 0.3) is 11.1 Å². The van der Waals surface area contributed by atoms with E-state index in [1.807, 2.05) is 6.07 Å². The molecule has 4 heteroatoms. The third-order valence-corrected chi connectivity index (χ3v) is 5.73. The van der Waals surface area contributed by atoms with Gasteiger partial charge in [-0.25, -0.2) is 0 Å². The Morgan fingerprint density at radius 3 is 1.69 bits per heavy atom. The molecule has 0 bridgehead atoms. The lowest BCUT2D eigenvalue weighted by Crippen LogP contribution is -2.06. The Morgan fingerprint density at radius 1 is 0.750 bits per heavy atom. The smallest absolute Gasteiger partial charge is 0.115 e. The van der Waals surface area contributed by atoms with Crippen molar-refractivity contribution in [3.63, 3.8) is 0 Å². The number of hydrogen-bond acceptors (Lipinski definition) is 4. The van der Waals surface area contributed by atoms with Gasteiger partial charge in [0.15, 0.2) is 0 Å². The van der Waals surface area contributed by atoms with Gasteiger partial charge in [0, 0.05) is 0 Å². The van der Waals surface area contributed by atoms with Crippen molar-refractivity contribution in [3.8, 4) is 16.9 Å². The lowest BCUT2D eigenvalue weighted by molar-refractivity contribution is 0.102. The van der Waals surface area contributed by atoms with E-state index in [0.717, 1.165) is 26.4 Å². The molecule has 2 unspecified atom stereocenters. The molecule has 4 nitrogen and oxygen atoms in total. The minimum absolute atomic E-state index is 0.322. The van der Waals surface area contributed by atoms with Crippen molar-refractivity contribution in [1.82, 2.24) is 0 Å². The third kappa shape index (κ3) is 7.79. The molecule has 0 spiro atoms. The average Bonchev–Trinajstić information content (AvgIpc) is 3.73. The van der Waals surface area contributed by atoms with Crippen molar-refractivity contribution >= 4 is 0 Å². The van der Waals surface area contributed by atoms with Crippen LogP contribution < -0.4 is 0 Å². The fourth-order valence-corrected chi connectivity index (χ4v) is 3.22. The number of aromatic hydroxyl groups is 1. The molecule has 2 fully saturated rings. The minimum Gasteiger partial charge on any atom is -0.508 e. The molecule has 2 aliphatic heterocycles. The first-order valence-corrected chi connectivity index (χ1v) is 11.1. The molecule has 0 aliphatic carbocycles. The maximum atomic E-state index is 8.63. The van der Waals surface area contributed by atoms with Gasteiger partial charge in [0.2, 0.25) is 0 Å². The summed E-state index contributed by atoms with van der Waals surface area (Å²) in [7, 11) is 0. The number of rotatable bonds is 5. The number of benzene rings is 3. The summed E-state index contributed by atoms with van der Waals surface area (Å²) in [6.07, 6.45) is 0.785. The molecule has 2 atom stereocenters. The van der Waals surface area contributed by atoms with Crippen LogP contribution in [-0.2, 0) is 14.2 Å². The van der Waals surface area contributed by atoms with Crippen LogP contribution in [0.2, 0.25) is 0 Å². The molecule has 0 saturated carbocycles. The summed E-state index contributed by atoms with van der Waals surface area (Å²) < 4.78 is 15.1. The first kappa shape index (κ1) is 24.0. The molecule has 5 rings (SSSR count). The van der Waals surface area contributed by atoms with Crippen molar-refractivity contribution < 1.29 is 19.3 Å². The van der Waals surface area contributed by atoms with Gasteiger partial charge in [-0.1, -0.05) is 54.6 Å². The first-order chi connectivity index (χ1) is 15.5. The summed E-state index contributed by atoms with van der Waals surface area (Å²) >= 11 is 0. The quantitative estimate of drug-likeness (QED) is 0.517. The predicted octanol–water partition coefficient (Wildman–Crippen LogP) is 5.78. The van der Waals surface area contributed by atoms with E-state index in [2.05, 4.69) is 64.1 Å². The molecule has 0 amide bonds. The van der Waals surface area contributed by atoms with E-state index >= 15 is 0 Å². The van der Waals surface area contributed by atoms with E-state index in [-0.39, 0.29) is 0 Å². The van der Waals surface area contributed by atoms with Crippen LogP contribution in [0.5, 0.6) is 5.75 Å². The first-order valence-electron chi connectivity index (χ1n) is 11.1. The van der Waals surface area contributed by atoms with E-state index in [1.165, 1.54) is 33.4 Å². The number of aryl methyl sites for hydroxylation is 1. The highest BCUT2D eigenvalue weighted by Gasteiger charge is 2.26. The zero-order valence-corrected chi connectivity index (χ0v) is 19.5. The predicted molar refractivity (Wildman–Crippen MR) is 129 cm³/mol. The van der Waals surface area contributed by atoms with E-state index < -0.39 is 0 Å². The normalized spacial score (nSPS) is 18.0. The van der Waals surface area contributed by atoms with Crippen molar-refractivity contribution in [1.29, 1.82) is 0 Å². The minimum atomic E-state index is 0.322. The van der Waals surface area contributed by atoms with Crippen LogP contribution in [0.1, 0.15) is 22.3 Å². The Balaban J connectivity index is 0.000000151. The standard InChI is InChI=1S/C16H18.C6H10O3.C6H6O/c1-11-10-16(14(4)13(3)12(11)2)15-8-6-5-7-9-15;1(5-3-8-5)7-2-6-4-9-6;7-6-4-2-1-3-5-6/h5-10H,1-4H3;5-6H,1-4H2;1-5,7H. The van der Waals surface area contributed by atoms with E-state index in [1.54, 1.807) is 24.3 Å². The summed E-state index contributed by atoms with van der Waals surface area (Å²) in [4.78, 5) is 0. The van der Waals surface area contributed by atoms with Gasteiger partial charge in [-0.15, -0.1) is 0 Å². The highest BCUT2D eigenvalue weighted by Crippen LogP contribution is 2.29. The lowest BCUT2D eigenvalue weighted by atomic mass is 9.91. The molecule has 1 N–H and O–H groups in total. The molecular weight excluding hydrogens is 400 g/mol. The fourth-order valence-electron chi connectivity index (χ4n) is 3.22. The molecule has 170 valence electrons. The van der Waals surface area contributed by atoms with Gasteiger partial charge < -0.3 is 19.3 Å². The second kappa shape index (κ2) is 11.8. The van der Waals surface area contributed by atoms with Crippen LogP contribution in [0.3, 0.4) is 0 Å². The molecule has 3 aromatic carbocycles. The van der Waals surface area contributed by atoms with Gasteiger partial charge in [-0.2, -0.15) is 0 Å². The topological polar surface area (TPSA) is 54.5 Å². The number of phenols is 1. The number of epoxide rings is 2. The third-order valence-electron chi connectivity index (χ3n) is 5.73. The summed E-state index contributed by atoms with van der Waals surface area (Å²) in [5, 5.41) is 8.63. The maximum Gasteiger partial charge on any atom is 0.115 e. The van der Waals surface area contributed by atoms with Crippen molar-refractivity contribution in [3.05, 3.63) is 89.0 Å². The van der Waals surface area contributed by atoms with Crippen LogP contribution in [0, 0.1) is 27.7 Å². The molecule has 2 saturated heterocycles. The zero-order valence-electron chi connectivity index (χ0n) is 19.5. The molecule has 0 aromatic heterocycles. The summed E-state index contributed by atoms with van der Waals surface area (Å²) in [6, 6.07) is 21.6. The van der Waals surface area contributed by atoms with Crippen LogP contribution in [-0.4, -0.2) is 43.7 Å². The van der Waals surface area contributed by atoms with E-state index in [0.29, 0.717) is 18.0 Å². The largest absolute Gasteiger partial charge is 0.508 e. The molecule has 0 radical (unpaired) electrons. The number of para-hydroxylation sites is 1. The Hall–Kier alpha value is -2.66. The summed E-state index contributed by atoms with van der Waals surface area (Å²) in [5.41, 5.74) is 8.28. The van der Waals surface area contributed by atoms with Crippen molar-refractivity contribution in [2.75, 3.05) is 26.4 Å². The Labute approximate surface area is 191 Å². The van der Waals surface area contributed by atoms with Crippen LogP contribution >= 0.6 is 0 Å². The average molecular weight is 435 g/mol. The molecule has 2 heterocycles. The van der Waals surface area contributed by atoms with E-state index in [9.17, 15) is 0 Å². The van der Waals surface area contributed by atoms with Crippen LogP contribution in [0.15, 0.2) is 66.7 Å².